The van der Waals surface area contributed by atoms with Crippen LogP contribution >= 0.6 is 11.6 Å². The van der Waals surface area contributed by atoms with Crippen LogP contribution in [-0.2, 0) is 0 Å². The summed E-state index contributed by atoms with van der Waals surface area (Å²) in [6.07, 6.45) is 2.89. The fraction of sp³-hybridized carbons (Fsp3) is 0.778. The predicted octanol–water partition coefficient (Wildman–Crippen LogP) is 2.44. The Balaban J connectivity index is 2.58. The first kappa shape index (κ1) is 10.2. The predicted molar refractivity (Wildman–Crippen MR) is 59.5 cm³/mol. The summed E-state index contributed by atoms with van der Waals surface area (Å²) in [5, 5.41) is 0. The first-order valence-corrected chi connectivity index (χ1v) is 5.73. The van der Waals surface area contributed by atoms with E-state index in [-0.39, 0.29) is 0 Å². The van der Waals surface area contributed by atoms with Crippen molar-refractivity contribution < 1.29 is 0 Å². The molecule has 0 N–H and O–H groups in total. The van der Waals surface area contributed by atoms with Crippen LogP contribution in [0.15, 0.2) is 12.1 Å². The van der Waals surface area contributed by atoms with Gasteiger partial charge >= 0.3 is 6.13 Å². The minimum Gasteiger partial charge on any atom is -0.325 e. The number of nitrogens with zero attached hydrogens (tertiary/aromatic N) is 1. The van der Waals surface area contributed by atoms with Gasteiger partial charge in [-0.2, -0.15) is 11.6 Å². The Hall–Kier alpha value is 0.115. The van der Waals surface area contributed by atoms with Gasteiger partial charge < -0.3 is 4.81 Å². The number of hydrogen-bond acceptors (Lipinski definition) is 2. The van der Waals surface area contributed by atoms with Crippen LogP contribution in [0.4, 0.5) is 0 Å². The smallest absolute Gasteiger partial charge is 0.319 e. The van der Waals surface area contributed by atoms with Crippen molar-refractivity contribution in [2.24, 2.45) is 0 Å². The van der Waals surface area contributed by atoms with Crippen LogP contribution in [0.1, 0.15) is 27.7 Å². The van der Waals surface area contributed by atoms with Gasteiger partial charge in [-0.25, -0.2) is 0 Å². The molecule has 1 rings (SSSR count). The van der Waals surface area contributed by atoms with Crippen LogP contribution in [0.5, 0.6) is 0 Å². The van der Waals surface area contributed by atoms with Crippen molar-refractivity contribution in [2.75, 3.05) is 5.75 Å². The minimum atomic E-state index is 0.616. The molecule has 1 heterocycles. The van der Waals surface area contributed by atoms with E-state index < -0.39 is 0 Å². The summed E-state index contributed by atoms with van der Waals surface area (Å²) < 4.78 is 0. The van der Waals surface area contributed by atoms with Gasteiger partial charge in [0.05, 0.1) is 0 Å². The summed E-state index contributed by atoms with van der Waals surface area (Å²) in [6.45, 7) is 9.08. The van der Waals surface area contributed by atoms with E-state index in [1.54, 1.807) is 0 Å². The van der Waals surface area contributed by atoms with Crippen molar-refractivity contribution in [3.8, 4) is 0 Å². The second-order valence-corrected chi connectivity index (χ2v) is 4.94. The topological polar surface area (TPSA) is 3.24 Å². The summed E-state index contributed by atoms with van der Waals surface area (Å²) >= 11 is 2.02. The van der Waals surface area contributed by atoms with Gasteiger partial charge in [0.25, 0.3) is 0 Å². The average molecular weight is 183 g/mol. The SMILES string of the molecule is CC(C)N(B1C=CCS1)C(C)C. The van der Waals surface area contributed by atoms with Gasteiger partial charge in [0.15, 0.2) is 0 Å². The van der Waals surface area contributed by atoms with E-state index in [2.05, 4.69) is 44.6 Å². The average Bonchev–Trinajstić information content (AvgIpc) is 2.37. The van der Waals surface area contributed by atoms with Gasteiger partial charge in [-0.1, -0.05) is 39.7 Å². The molecule has 12 heavy (non-hydrogen) atoms. The normalized spacial score (nSPS) is 17.4. The summed E-state index contributed by atoms with van der Waals surface area (Å²) in [7, 11) is 0. The molecule has 0 unspecified atom stereocenters. The Bertz CT molecular complexity index is 160. The monoisotopic (exact) mass is 183 g/mol. The highest BCUT2D eigenvalue weighted by atomic mass is 32.2. The quantitative estimate of drug-likeness (QED) is 0.618. The Morgan fingerprint density at radius 3 is 2.17 bits per heavy atom. The van der Waals surface area contributed by atoms with Gasteiger partial charge in [-0.05, 0) is 12.1 Å². The first-order chi connectivity index (χ1) is 5.63. The Morgan fingerprint density at radius 1 is 1.25 bits per heavy atom. The molecule has 0 saturated carbocycles. The lowest BCUT2D eigenvalue weighted by atomic mass is 9.85. The summed E-state index contributed by atoms with van der Waals surface area (Å²) in [5.41, 5.74) is 0. The molecule has 0 fully saturated rings. The molecule has 0 radical (unpaired) electrons. The summed E-state index contributed by atoms with van der Waals surface area (Å²) in [5.74, 6) is 3.51. The van der Waals surface area contributed by atoms with Crippen LogP contribution in [0, 0.1) is 0 Å². The van der Waals surface area contributed by atoms with E-state index in [9.17, 15) is 0 Å². The maximum absolute atomic E-state index is 2.55. The van der Waals surface area contributed by atoms with Crippen molar-refractivity contribution in [1.29, 1.82) is 0 Å². The maximum Gasteiger partial charge on any atom is 0.319 e. The van der Waals surface area contributed by atoms with Crippen molar-refractivity contribution in [3.05, 3.63) is 12.1 Å². The fourth-order valence-electron chi connectivity index (χ4n) is 1.75. The van der Waals surface area contributed by atoms with Crippen molar-refractivity contribution in [2.45, 2.75) is 39.8 Å². The molecular formula is C9H18BNS. The lowest BCUT2D eigenvalue weighted by Crippen LogP contribution is -2.45. The first-order valence-electron chi connectivity index (χ1n) is 4.68. The molecule has 68 valence electrons. The minimum absolute atomic E-state index is 0.616. The Morgan fingerprint density at radius 2 is 1.83 bits per heavy atom. The molecular weight excluding hydrogens is 165 g/mol. The second-order valence-electron chi connectivity index (χ2n) is 3.79. The molecule has 0 aromatic carbocycles. The lowest BCUT2D eigenvalue weighted by Gasteiger charge is -2.33. The molecule has 0 aromatic heterocycles. The van der Waals surface area contributed by atoms with E-state index in [1.807, 2.05) is 11.6 Å². The van der Waals surface area contributed by atoms with Gasteiger partial charge in [0.2, 0.25) is 0 Å². The van der Waals surface area contributed by atoms with Crippen molar-refractivity contribution in [3.63, 3.8) is 0 Å². The molecule has 3 heteroatoms. The molecule has 0 saturated heterocycles. The van der Waals surface area contributed by atoms with Crippen LogP contribution in [0.2, 0.25) is 0 Å². The third kappa shape index (κ3) is 2.30. The second kappa shape index (κ2) is 4.38. The van der Waals surface area contributed by atoms with Gasteiger partial charge in [-0.15, -0.1) is 0 Å². The van der Waals surface area contributed by atoms with Crippen LogP contribution in [0.3, 0.4) is 0 Å². The standard InChI is InChI=1S/C9H18BNS/c1-8(2)11(9(3)4)10-6-5-7-12-10/h5-6,8-9H,7H2,1-4H3. The third-order valence-electron chi connectivity index (χ3n) is 2.15. The summed E-state index contributed by atoms with van der Waals surface area (Å²) in [6, 6.07) is 1.29. The van der Waals surface area contributed by atoms with Gasteiger partial charge in [0, 0.05) is 5.75 Å². The van der Waals surface area contributed by atoms with Crippen LogP contribution in [0.25, 0.3) is 0 Å². The largest absolute Gasteiger partial charge is 0.325 e. The fourth-order valence-corrected chi connectivity index (χ4v) is 3.05. The summed E-state index contributed by atoms with van der Waals surface area (Å²) in [4.78, 5) is 2.55. The van der Waals surface area contributed by atoms with Crippen molar-refractivity contribution in [1.82, 2.24) is 4.81 Å². The molecule has 1 nitrogen and oxygen atoms in total. The molecule has 0 aliphatic carbocycles. The highest BCUT2D eigenvalue weighted by Crippen LogP contribution is 2.22. The van der Waals surface area contributed by atoms with E-state index in [0.717, 1.165) is 0 Å². The van der Waals surface area contributed by atoms with E-state index >= 15 is 0 Å². The van der Waals surface area contributed by atoms with E-state index in [4.69, 9.17) is 0 Å². The molecule has 0 atom stereocenters. The molecule has 0 aromatic rings. The molecule has 1 aliphatic heterocycles. The molecule has 0 amide bonds. The third-order valence-corrected chi connectivity index (χ3v) is 3.28. The zero-order valence-corrected chi connectivity index (χ0v) is 9.27. The maximum atomic E-state index is 2.55. The lowest BCUT2D eigenvalue weighted by molar-refractivity contribution is 0.312. The molecule has 0 spiro atoms. The number of hydrogen-bond donors (Lipinski definition) is 0. The van der Waals surface area contributed by atoms with Gasteiger partial charge in [-0.3, -0.25) is 0 Å². The van der Waals surface area contributed by atoms with Gasteiger partial charge in [0.1, 0.15) is 0 Å². The van der Waals surface area contributed by atoms with Crippen LogP contribution < -0.4 is 0 Å². The highest BCUT2D eigenvalue weighted by Gasteiger charge is 2.27. The zero-order valence-electron chi connectivity index (χ0n) is 8.45. The van der Waals surface area contributed by atoms with E-state index in [1.165, 1.54) is 5.75 Å². The Kier molecular flexibility index (Phi) is 3.72. The Labute approximate surface area is 80.6 Å². The van der Waals surface area contributed by atoms with E-state index in [0.29, 0.717) is 18.2 Å². The zero-order chi connectivity index (χ0) is 9.14. The highest BCUT2D eigenvalue weighted by molar-refractivity contribution is 8.26. The van der Waals surface area contributed by atoms with Crippen LogP contribution in [-0.4, -0.2) is 28.8 Å². The molecule has 0 bridgehead atoms. The molecule has 1 aliphatic rings. The number of rotatable bonds is 3. The van der Waals surface area contributed by atoms with Crippen molar-refractivity contribution >= 4 is 17.7 Å².